The molecule has 0 atom stereocenters. The molecule has 25 heavy (non-hydrogen) atoms. The van der Waals surface area contributed by atoms with Crippen molar-refractivity contribution in [2.75, 3.05) is 13.2 Å². The summed E-state index contributed by atoms with van der Waals surface area (Å²) in [6, 6.07) is 3.87. The molecule has 2 aliphatic rings. The van der Waals surface area contributed by atoms with Crippen LogP contribution in [0.5, 0.6) is 0 Å². The van der Waals surface area contributed by atoms with Crippen molar-refractivity contribution < 1.29 is 9.53 Å². The van der Waals surface area contributed by atoms with E-state index in [2.05, 4.69) is 19.7 Å². The van der Waals surface area contributed by atoms with Crippen molar-refractivity contribution in [1.29, 1.82) is 0 Å². The number of amides is 1. The number of ether oxygens (including phenoxy) is 1. The predicted octanol–water partition coefficient (Wildman–Crippen LogP) is 2.03. The van der Waals surface area contributed by atoms with Gasteiger partial charge < -0.3 is 14.2 Å². The third-order valence-electron chi connectivity index (χ3n) is 5.18. The van der Waals surface area contributed by atoms with E-state index < -0.39 is 5.60 Å². The Balaban J connectivity index is 1.56. The van der Waals surface area contributed by atoms with Gasteiger partial charge in [0.2, 0.25) is 0 Å². The lowest BCUT2D eigenvalue weighted by molar-refractivity contribution is -0.159. The molecule has 0 saturated heterocycles. The van der Waals surface area contributed by atoms with E-state index in [1.54, 1.807) is 12.4 Å². The maximum absolute atomic E-state index is 13.1. The van der Waals surface area contributed by atoms with Crippen LogP contribution in [0.25, 0.3) is 11.4 Å². The van der Waals surface area contributed by atoms with Crippen LogP contribution in [0, 0.1) is 0 Å². The molecule has 2 aromatic heterocycles. The molecule has 1 fully saturated rings. The topological polar surface area (TPSA) is 73.1 Å². The van der Waals surface area contributed by atoms with Crippen LogP contribution < -0.4 is 0 Å². The summed E-state index contributed by atoms with van der Waals surface area (Å²) in [5.74, 6) is 1.75. The number of rotatable bonds is 4. The first-order valence-electron chi connectivity index (χ1n) is 8.99. The first-order chi connectivity index (χ1) is 12.2. The Bertz CT molecular complexity index is 752. The molecule has 1 aliphatic carbocycles. The summed E-state index contributed by atoms with van der Waals surface area (Å²) >= 11 is 0. The van der Waals surface area contributed by atoms with Gasteiger partial charge >= 0.3 is 0 Å². The van der Waals surface area contributed by atoms with E-state index in [1.807, 2.05) is 24.0 Å². The minimum atomic E-state index is -0.622. The fourth-order valence-electron chi connectivity index (χ4n) is 3.97. The fourth-order valence-corrected chi connectivity index (χ4v) is 3.97. The maximum atomic E-state index is 13.1. The molecule has 4 rings (SSSR count). The lowest BCUT2D eigenvalue weighted by atomic mass is 9.99. The normalized spacial score (nSPS) is 19.0. The van der Waals surface area contributed by atoms with E-state index in [-0.39, 0.29) is 5.91 Å². The van der Waals surface area contributed by atoms with Crippen LogP contribution in [0.2, 0.25) is 0 Å². The monoisotopic (exact) mass is 341 g/mol. The highest BCUT2D eigenvalue weighted by molar-refractivity contribution is 5.85. The first kappa shape index (κ1) is 16.2. The molecule has 0 radical (unpaired) electrons. The smallest absolute Gasteiger partial charge is 0.255 e. The second-order valence-corrected chi connectivity index (χ2v) is 6.69. The molecule has 0 unspecified atom stereocenters. The van der Waals surface area contributed by atoms with Gasteiger partial charge in [0.25, 0.3) is 5.91 Å². The number of carbonyl (C=O) groups is 1. The molecular weight excluding hydrogens is 318 g/mol. The van der Waals surface area contributed by atoms with Crippen molar-refractivity contribution in [3.63, 3.8) is 0 Å². The van der Waals surface area contributed by atoms with E-state index in [4.69, 9.17) is 4.74 Å². The number of hydrogen-bond acceptors (Lipinski definition) is 5. The number of hydrogen-bond donors (Lipinski definition) is 0. The third-order valence-corrected chi connectivity index (χ3v) is 5.18. The van der Waals surface area contributed by atoms with Crippen LogP contribution in [-0.4, -0.2) is 49.3 Å². The summed E-state index contributed by atoms with van der Waals surface area (Å²) in [6.45, 7) is 4.37. The molecule has 7 heteroatoms. The Morgan fingerprint density at radius 3 is 2.84 bits per heavy atom. The predicted molar refractivity (Wildman–Crippen MR) is 91.5 cm³/mol. The van der Waals surface area contributed by atoms with Gasteiger partial charge in [-0.25, -0.2) is 0 Å². The molecule has 3 heterocycles. The van der Waals surface area contributed by atoms with Gasteiger partial charge in [-0.3, -0.25) is 9.78 Å². The summed E-state index contributed by atoms with van der Waals surface area (Å²) < 4.78 is 8.01. The summed E-state index contributed by atoms with van der Waals surface area (Å²) in [4.78, 5) is 19.2. The highest BCUT2D eigenvalue weighted by Crippen LogP contribution is 2.36. The fraction of sp³-hybridized carbons (Fsp3) is 0.556. The Hall–Kier alpha value is -2.28. The van der Waals surface area contributed by atoms with Crippen molar-refractivity contribution >= 4 is 5.91 Å². The van der Waals surface area contributed by atoms with E-state index in [0.29, 0.717) is 26.2 Å². The maximum Gasteiger partial charge on any atom is 0.255 e. The van der Waals surface area contributed by atoms with Crippen LogP contribution in [-0.2, 0) is 22.6 Å². The molecule has 0 N–H and O–H groups in total. The second kappa shape index (κ2) is 6.55. The lowest BCUT2D eigenvalue weighted by Crippen LogP contribution is -2.51. The number of nitrogens with zero attached hydrogens (tertiary/aromatic N) is 5. The van der Waals surface area contributed by atoms with Crippen LogP contribution in [0.3, 0.4) is 0 Å². The zero-order valence-electron chi connectivity index (χ0n) is 14.5. The molecule has 1 saturated carbocycles. The van der Waals surface area contributed by atoms with E-state index in [0.717, 1.165) is 42.9 Å². The summed E-state index contributed by atoms with van der Waals surface area (Å²) in [5, 5.41) is 8.63. The van der Waals surface area contributed by atoms with Gasteiger partial charge in [-0.2, -0.15) is 0 Å². The van der Waals surface area contributed by atoms with Gasteiger partial charge in [-0.05, 0) is 44.7 Å². The van der Waals surface area contributed by atoms with Gasteiger partial charge in [-0.1, -0.05) is 0 Å². The third kappa shape index (κ3) is 2.82. The molecule has 132 valence electrons. The largest absolute Gasteiger partial charge is 0.365 e. The molecule has 2 aromatic rings. The molecule has 0 aromatic carbocycles. The van der Waals surface area contributed by atoms with Gasteiger partial charge in [0.1, 0.15) is 5.60 Å². The Morgan fingerprint density at radius 1 is 1.28 bits per heavy atom. The van der Waals surface area contributed by atoms with E-state index >= 15 is 0 Å². The zero-order chi connectivity index (χ0) is 17.3. The van der Waals surface area contributed by atoms with Crippen LogP contribution >= 0.6 is 0 Å². The van der Waals surface area contributed by atoms with Gasteiger partial charge in [-0.15, -0.1) is 10.2 Å². The summed E-state index contributed by atoms with van der Waals surface area (Å²) in [6.07, 6.45) is 7.29. The standard InChI is InChI=1S/C18H23N5O2/c1-2-25-18(7-3-4-8-18)17(24)22-10-11-23-15(13-22)20-21-16(23)14-6-5-9-19-12-14/h5-6,9,12H,2-4,7-8,10-11,13H2,1H3. The highest BCUT2D eigenvalue weighted by Gasteiger charge is 2.45. The number of carbonyl (C=O) groups excluding carboxylic acids is 1. The molecule has 1 aliphatic heterocycles. The van der Waals surface area contributed by atoms with Gasteiger partial charge in [0, 0.05) is 37.7 Å². The lowest BCUT2D eigenvalue weighted by Gasteiger charge is -2.36. The number of aromatic nitrogens is 4. The highest BCUT2D eigenvalue weighted by atomic mass is 16.5. The average molecular weight is 341 g/mol. The summed E-state index contributed by atoms with van der Waals surface area (Å²) in [7, 11) is 0. The molecule has 0 spiro atoms. The molecular formula is C18H23N5O2. The Kier molecular flexibility index (Phi) is 4.25. The molecule has 7 nitrogen and oxygen atoms in total. The van der Waals surface area contributed by atoms with E-state index in [9.17, 15) is 4.79 Å². The van der Waals surface area contributed by atoms with Crippen molar-refractivity contribution in [2.24, 2.45) is 0 Å². The summed E-state index contributed by atoms with van der Waals surface area (Å²) in [5.41, 5.74) is 0.325. The van der Waals surface area contributed by atoms with Crippen LogP contribution in [0.15, 0.2) is 24.5 Å². The van der Waals surface area contributed by atoms with E-state index in [1.165, 1.54) is 0 Å². The zero-order valence-corrected chi connectivity index (χ0v) is 14.5. The minimum Gasteiger partial charge on any atom is -0.365 e. The Morgan fingerprint density at radius 2 is 2.12 bits per heavy atom. The van der Waals surface area contributed by atoms with Gasteiger partial charge in [0.05, 0.1) is 6.54 Å². The van der Waals surface area contributed by atoms with Crippen molar-refractivity contribution in [1.82, 2.24) is 24.6 Å². The quantitative estimate of drug-likeness (QED) is 0.851. The molecule has 0 bridgehead atoms. The van der Waals surface area contributed by atoms with Crippen molar-refractivity contribution in [3.8, 4) is 11.4 Å². The second-order valence-electron chi connectivity index (χ2n) is 6.69. The van der Waals surface area contributed by atoms with Crippen LogP contribution in [0.4, 0.5) is 0 Å². The first-order valence-corrected chi connectivity index (χ1v) is 8.99. The van der Waals surface area contributed by atoms with Crippen molar-refractivity contribution in [3.05, 3.63) is 30.4 Å². The number of fused-ring (bicyclic) bond motifs is 1. The molecule has 1 amide bonds. The van der Waals surface area contributed by atoms with Crippen molar-refractivity contribution in [2.45, 2.75) is 51.3 Å². The number of pyridine rings is 1. The minimum absolute atomic E-state index is 0.115. The average Bonchev–Trinajstić information content (AvgIpc) is 3.29. The van der Waals surface area contributed by atoms with Crippen LogP contribution in [0.1, 0.15) is 38.4 Å². The van der Waals surface area contributed by atoms with Gasteiger partial charge in [0.15, 0.2) is 11.6 Å². The SMILES string of the molecule is CCOC1(C(=O)N2CCn3c(nnc3-c3cccnc3)C2)CCCC1. The Labute approximate surface area is 147 Å².